The zero-order valence-electron chi connectivity index (χ0n) is 6.72. The number of hydrogen-bond donors (Lipinski definition) is 0. The monoisotopic (exact) mass is 136 g/mol. The summed E-state index contributed by atoms with van der Waals surface area (Å²) in [7, 11) is 0. The van der Waals surface area contributed by atoms with E-state index in [2.05, 4.69) is 32.2 Å². The molecule has 0 spiro atoms. The molecule has 0 N–H and O–H groups in total. The second kappa shape index (κ2) is 6.34. The van der Waals surface area contributed by atoms with Gasteiger partial charge in [-0.15, -0.1) is 13.2 Å². The Kier molecular flexibility index (Phi) is 5.85. The molecule has 0 nitrogen and oxygen atoms in total. The molecular formula is C10H16. The Hall–Kier alpha value is -0.780. The molecule has 1 unspecified atom stereocenters. The van der Waals surface area contributed by atoms with Crippen molar-refractivity contribution >= 4 is 0 Å². The molecule has 0 aliphatic rings. The van der Waals surface area contributed by atoms with Gasteiger partial charge in [-0.05, 0) is 18.8 Å². The Morgan fingerprint density at radius 2 is 2.00 bits per heavy atom. The average molecular weight is 136 g/mol. The van der Waals surface area contributed by atoms with E-state index in [1.165, 1.54) is 0 Å². The van der Waals surface area contributed by atoms with E-state index >= 15 is 0 Å². The van der Waals surface area contributed by atoms with Crippen LogP contribution in [0.2, 0.25) is 0 Å². The van der Waals surface area contributed by atoms with Gasteiger partial charge in [0, 0.05) is 0 Å². The lowest BCUT2D eigenvalue weighted by molar-refractivity contribution is 0.743. The van der Waals surface area contributed by atoms with Crippen LogP contribution < -0.4 is 0 Å². The molecule has 0 aliphatic carbocycles. The highest BCUT2D eigenvalue weighted by Gasteiger charge is 1.89. The summed E-state index contributed by atoms with van der Waals surface area (Å²) >= 11 is 0. The van der Waals surface area contributed by atoms with Crippen LogP contribution in [0.5, 0.6) is 0 Å². The highest BCUT2D eigenvalue weighted by Crippen LogP contribution is 2.03. The Labute approximate surface area is 64.0 Å². The topological polar surface area (TPSA) is 0 Å². The van der Waals surface area contributed by atoms with Crippen LogP contribution in [0.25, 0.3) is 0 Å². The van der Waals surface area contributed by atoms with Crippen molar-refractivity contribution in [1.82, 2.24) is 0 Å². The van der Waals surface area contributed by atoms with Gasteiger partial charge in [0.1, 0.15) is 0 Å². The molecule has 0 amide bonds. The van der Waals surface area contributed by atoms with Crippen molar-refractivity contribution in [2.45, 2.75) is 19.8 Å². The van der Waals surface area contributed by atoms with Gasteiger partial charge in [0.15, 0.2) is 0 Å². The molecule has 0 rings (SSSR count). The first-order chi connectivity index (χ1) is 4.81. The van der Waals surface area contributed by atoms with E-state index < -0.39 is 0 Å². The Morgan fingerprint density at radius 1 is 1.30 bits per heavy atom. The molecule has 10 heavy (non-hydrogen) atoms. The van der Waals surface area contributed by atoms with Crippen molar-refractivity contribution in [2.24, 2.45) is 5.92 Å². The predicted molar refractivity (Wildman–Crippen MR) is 47.9 cm³/mol. The molecule has 0 bridgehead atoms. The molecule has 1 atom stereocenters. The average Bonchev–Trinajstić information content (AvgIpc) is 1.89. The minimum absolute atomic E-state index is 0.623. The van der Waals surface area contributed by atoms with Gasteiger partial charge in [0.2, 0.25) is 0 Å². The van der Waals surface area contributed by atoms with Gasteiger partial charge in [-0.1, -0.05) is 31.2 Å². The van der Waals surface area contributed by atoms with Crippen molar-refractivity contribution in [2.75, 3.05) is 0 Å². The third kappa shape index (κ3) is 5.36. The van der Waals surface area contributed by atoms with Gasteiger partial charge in [-0.25, -0.2) is 0 Å². The number of rotatable bonds is 5. The van der Waals surface area contributed by atoms with E-state index in [4.69, 9.17) is 0 Å². The molecule has 56 valence electrons. The van der Waals surface area contributed by atoms with Crippen molar-refractivity contribution in [1.29, 1.82) is 0 Å². The van der Waals surface area contributed by atoms with Crippen LogP contribution in [0.1, 0.15) is 19.8 Å². The summed E-state index contributed by atoms with van der Waals surface area (Å²) in [6.07, 6.45) is 10.2. The van der Waals surface area contributed by atoms with Crippen molar-refractivity contribution in [3.63, 3.8) is 0 Å². The smallest absolute Gasteiger partial charge is 0.0172 e. The first kappa shape index (κ1) is 9.22. The van der Waals surface area contributed by atoms with Crippen LogP contribution in [0.3, 0.4) is 0 Å². The van der Waals surface area contributed by atoms with Crippen molar-refractivity contribution in [3.05, 3.63) is 37.5 Å². The molecule has 0 aromatic rings. The second-order valence-corrected chi connectivity index (χ2v) is 2.45. The molecule has 0 aromatic heterocycles. The fourth-order valence-electron chi connectivity index (χ4n) is 0.749. The molecular weight excluding hydrogens is 120 g/mol. The standard InChI is InChI=1S/C10H16/c1-4-6-7-9-10(3)8-5-2/h4-5,7,9-10H,1-2,6,8H2,3H3/b9-7+. The van der Waals surface area contributed by atoms with Crippen LogP contribution in [0.15, 0.2) is 37.5 Å². The summed E-state index contributed by atoms with van der Waals surface area (Å²) in [6, 6.07) is 0. The fraction of sp³-hybridized carbons (Fsp3) is 0.400. The molecule has 0 heteroatoms. The van der Waals surface area contributed by atoms with E-state index in [9.17, 15) is 0 Å². The van der Waals surface area contributed by atoms with E-state index in [-0.39, 0.29) is 0 Å². The maximum Gasteiger partial charge on any atom is -0.0172 e. The lowest BCUT2D eigenvalue weighted by Gasteiger charge is -1.98. The Morgan fingerprint density at radius 3 is 2.50 bits per heavy atom. The molecule has 0 aromatic carbocycles. The van der Waals surface area contributed by atoms with Gasteiger partial charge < -0.3 is 0 Å². The van der Waals surface area contributed by atoms with E-state index in [0.29, 0.717) is 5.92 Å². The highest BCUT2D eigenvalue weighted by molar-refractivity contribution is 4.93. The maximum absolute atomic E-state index is 3.67. The van der Waals surface area contributed by atoms with Gasteiger partial charge in [-0.2, -0.15) is 0 Å². The van der Waals surface area contributed by atoms with Crippen LogP contribution in [0, 0.1) is 5.92 Å². The number of hydrogen-bond acceptors (Lipinski definition) is 0. The Bertz CT molecular complexity index is 120. The third-order valence-corrected chi connectivity index (χ3v) is 1.31. The maximum atomic E-state index is 3.67. The zero-order valence-corrected chi connectivity index (χ0v) is 6.72. The summed E-state index contributed by atoms with van der Waals surface area (Å²) in [5.41, 5.74) is 0. The van der Waals surface area contributed by atoms with E-state index in [0.717, 1.165) is 12.8 Å². The summed E-state index contributed by atoms with van der Waals surface area (Å²) in [5.74, 6) is 0.623. The van der Waals surface area contributed by atoms with Crippen molar-refractivity contribution < 1.29 is 0 Å². The van der Waals surface area contributed by atoms with Crippen molar-refractivity contribution in [3.8, 4) is 0 Å². The zero-order chi connectivity index (χ0) is 7.82. The minimum Gasteiger partial charge on any atom is -0.103 e. The summed E-state index contributed by atoms with van der Waals surface area (Å²) in [6.45, 7) is 9.49. The quantitative estimate of drug-likeness (QED) is 0.508. The lowest BCUT2D eigenvalue weighted by atomic mass is 10.1. The highest BCUT2D eigenvalue weighted by atomic mass is 13.9. The van der Waals surface area contributed by atoms with Gasteiger partial charge >= 0.3 is 0 Å². The first-order valence-corrected chi connectivity index (χ1v) is 3.69. The van der Waals surface area contributed by atoms with Crippen LogP contribution in [-0.4, -0.2) is 0 Å². The summed E-state index contributed by atoms with van der Waals surface area (Å²) < 4.78 is 0. The normalized spacial score (nSPS) is 13.3. The first-order valence-electron chi connectivity index (χ1n) is 3.69. The molecule has 0 fully saturated rings. The van der Waals surface area contributed by atoms with Gasteiger partial charge in [0.05, 0.1) is 0 Å². The predicted octanol–water partition coefficient (Wildman–Crippen LogP) is 3.33. The minimum atomic E-state index is 0.623. The van der Waals surface area contributed by atoms with Crippen LogP contribution in [-0.2, 0) is 0 Å². The SMILES string of the molecule is C=CC/C=C/C(C)CC=C. The Balaban J connectivity index is 3.43. The van der Waals surface area contributed by atoms with Gasteiger partial charge in [0.25, 0.3) is 0 Å². The second-order valence-electron chi connectivity index (χ2n) is 2.45. The van der Waals surface area contributed by atoms with Crippen LogP contribution >= 0.6 is 0 Å². The summed E-state index contributed by atoms with van der Waals surface area (Å²) in [5, 5.41) is 0. The number of allylic oxidation sites excluding steroid dienone is 4. The molecule has 0 radical (unpaired) electrons. The van der Waals surface area contributed by atoms with E-state index in [1.807, 2.05) is 12.2 Å². The van der Waals surface area contributed by atoms with E-state index in [1.54, 1.807) is 0 Å². The summed E-state index contributed by atoms with van der Waals surface area (Å²) in [4.78, 5) is 0. The third-order valence-electron chi connectivity index (χ3n) is 1.31. The largest absolute Gasteiger partial charge is 0.103 e. The fourth-order valence-corrected chi connectivity index (χ4v) is 0.749. The molecule has 0 saturated heterocycles. The molecule has 0 saturated carbocycles. The van der Waals surface area contributed by atoms with Gasteiger partial charge in [-0.3, -0.25) is 0 Å². The molecule has 0 aliphatic heterocycles. The van der Waals surface area contributed by atoms with Crippen LogP contribution in [0.4, 0.5) is 0 Å². The lowest BCUT2D eigenvalue weighted by Crippen LogP contribution is -1.84. The molecule has 0 heterocycles.